The lowest BCUT2D eigenvalue weighted by molar-refractivity contribution is 0.0159. The number of piperazine rings is 1. The van der Waals surface area contributed by atoms with E-state index in [9.17, 15) is 0 Å². The van der Waals surface area contributed by atoms with E-state index >= 15 is 0 Å². The van der Waals surface area contributed by atoms with Crippen LogP contribution in [0, 0.1) is 11.3 Å². The second-order valence-electron chi connectivity index (χ2n) is 7.46. The molecule has 112 valence electrons. The first-order valence-corrected chi connectivity index (χ1v) is 8.10. The lowest BCUT2D eigenvalue weighted by atomic mass is 9.69. The van der Waals surface area contributed by atoms with Crippen LogP contribution in [0.2, 0.25) is 0 Å². The molecular formula is C16H33N3. The van der Waals surface area contributed by atoms with Crippen LogP contribution in [0.1, 0.15) is 46.5 Å². The molecular weight excluding hydrogens is 234 g/mol. The van der Waals surface area contributed by atoms with E-state index in [0.29, 0.717) is 17.5 Å². The number of nitrogens with zero attached hydrogens (tertiary/aromatic N) is 2. The fraction of sp³-hybridized carbons (Fsp3) is 1.00. The lowest BCUT2D eigenvalue weighted by Gasteiger charge is -2.48. The Balaban J connectivity index is 1.98. The molecule has 1 aliphatic carbocycles. The molecule has 0 spiro atoms. The van der Waals surface area contributed by atoms with Crippen molar-refractivity contribution in [3.8, 4) is 0 Å². The Morgan fingerprint density at radius 2 is 1.79 bits per heavy atom. The van der Waals surface area contributed by atoms with E-state index in [1.54, 1.807) is 0 Å². The highest BCUT2D eigenvalue weighted by atomic mass is 15.3. The molecule has 0 radical (unpaired) electrons. The highest BCUT2D eigenvalue weighted by molar-refractivity contribution is 4.92. The Hall–Kier alpha value is -0.120. The van der Waals surface area contributed by atoms with Crippen molar-refractivity contribution in [3.05, 3.63) is 0 Å². The quantitative estimate of drug-likeness (QED) is 0.850. The van der Waals surface area contributed by atoms with E-state index in [0.717, 1.165) is 12.5 Å². The molecule has 4 atom stereocenters. The molecule has 1 saturated heterocycles. The Bertz CT molecular complexity index is 282. The first-order valence-electron chi connectivity index (χ1n) is 8.10. The molecule has 1 heterocycles. The monoisotopic (exact) mass is 267 g/mol. The lowest BCUT2D eigenvalue weighted by Crippen LogP contribution is -2.58. The van der Waals surface area contributed by atoms with Gasteiger partial charge in [-0.3, -0.25) is 9.80 Å². The minimum absolute atomic E-state index is 0.396. The third-order valence-corrected chi connectivity index (χ3v) is 5.61. The molecule has 3 heteroatoms. The fourth-order valence-electron chi connectivity index (χ4n) is 4.28. The summed E-state index contributed by atoms with van der Waals surface area (Å²) in [4.78, 5) is 5.19. The third-order valence-electron chi connectivity index (χ3n) is 5.61. The zero-order valence-corrected chi connectivity index (χ0v) is 13.4. The molecule has 2 rings (SSSR count). The average molecular weight is 267 g/mol. The van der Waals surface area contributed by atoms with Gasteiger partial charge in [0.1, 0.15) is 0 Å². The second-order valence-corrected chi connectivity index (χ2v) is 7.46. The molecule has 2 N–H and O–H groups in total. The Labute approximate surface area is 119 Å². The van der Waals surface area contributed by atoms with Gasteiger partial charge in [-0.05, 0) is 51.6 Å². The largest absolute Gasteiger partial charge is 0.330 e. The number of hydrogen-bond donors (Lipinski definition) is 1. The molecule has 3 nitrogen and oxygen atoms in total. The Kier molecular flexibility index (Phi) is 4.91. The van der Waals surface area contributed by atoms with Crippen molar-refractivity contribution in [1.29, 1.82) is 0 Å². The minimum Gasteiger partial charge on any atom is -0.330 e. The molecule has 4 unspecified atom stereocenters. The summed E-state index contributed by atoms with van der Waals surface area (Å²) in [5.41, 5.74) is 6.57. The molecule has 1 aliphatic heterocycles. The molecule has 1 saturated carbocycles. The molecule has 0 aromatic rings. The third kappa shape index (κ3) is 3.50. The van der Waals surface area contributed by atoms with Gasteiger partial charge in [0.2, 0.25) is 0 Å². The van der Waals surface area contributed by atoms with E-state index in [1.165, 1.54) is 45.3 Å². The molecule has 0 amide bonds. The Morgan fingerprint density at radius 3 is 2.32 bits per heavy atom. The standard InChI is InChI=1S/C16H33N3/c1-13-6-5-7-16(8-13,11-17)12-19-9-14(2)18(4)15(3)10-19/h13-15H,5-12,17H2,1-4H3. The first kappa shape index (κ1) is 15.3. The van der Waals surface area contributed by atoms with Crippen LogP contribution in [0.25, 0.3) is 0 Å². The van der Waals surface area contributed by atoms with Gasteiger partial charge in [0.05, 0.1) is 0 Å². The number of hydrogen-bond acceptors (Lipinski definition) is 3. The summed E-state index contributed by atoms with van der Waals surface area (Å²) in [6.45, 7) is 11.6. The normalized spacial score (nSPS) is 42.5. The summed E-state index contributed by atoms with van der Waals surface area (Å²) in [7, 11) is 2.26. The topological polar surface area (TPSA) is 32.5 Å². The Morgan fingerprint density at radius 1 is 1.16 bits per heavy atom. The van der Waals surface area contributed by atoms with Gasteiger partial charge in [0.25, 0.3) is 0 Å². The zero-order chi connectivity index (χ0) is 14.0. The molecule has 0 aromatic carbocycles. The van der Waals surface area contributed by atoms with E-state index in [-0.39, 0.29) is 0 Å². The van der Waals surface area contributed by atoms with E-state index in [1.807, 2.05) is 0 Å². The van der Waals surface area contributed by atoms with Gasteiger partial charge < -0.3 is 5.73 Å². The van der Waals surface area contributed by atoms with Gasteiger partial charge in [-0.2, -0.15) is 0 Å². The van der Waals surface area contributed by atoms with Crippen molar-refractivity contribution in [2.75, 3.05) is 33.2 Å². The molecule has 0 aromatic heterocycles. The van der Waals surface area contributed by atoms with E-state index in [4.69, 9.17) is 5.73 Å². The molecule has 2 aliphatic rings. The van der Waals surface area contributed by atoms with Crippen molar-refractivity contribution in [2.45, 2.75) is 58.5 Å². The highest BCUT2D eigenvalue weighted by Crippen LogP contribution is 2.39. The van der Waals surface area contributed by atoms with Gasteiger partial charge in [0, 0.05) is 31.7 Å². The van der Waals surface area contributed by atoms with E-state index in [2.05, 4.69) is 37.6 Å². The highest BCUT2D eigenvalue weighted by Gasteiger charge is 2.37. The van der Waals surface area contributed by atoms with Crippen molar-refractivity contribution >= 4 is 0 Å². The van der Waals surface area contributed by atoms with Crippen LogP contribution in [0.3, 0.4) is 0 Å². The van der Waals surface area contributed by atoms with Crippen LogP contribution >= 0.6 is 0 Å². The minimum atomic E-state index is 0.396. The fourth-order valence-corrected chi connectivity index (χ4v) is 4.28. The van der Waals surface area contributed by atoms with Crippen LogP contribution < -0.4 is 5.73 Å². The smallest absolute Gasteiger partial charge is 0.0195 e. The van der Waals surface area contributed by atoms with Gasteiger partial charge in [-0.15, -0.1) is 0 Å². The summed E-state index contributed by atoms with van der Waals surface area (Å²) < 4.78 is 0. The van der Waals surface area contributed by atoms with Gasteiger partial charge in [-0.25, -0.2) is 0 Å². The van der Waals surface area contributed by atoms with Crippen molar-refractivity contribution in [3.63, 3.8) is 0 Å². The second kappa shape index (κ2) is 6.11. The summed E-state index contributed by atoms with van der Waals surface area (Å²) in [5, 5.41) is 0. The van der Waals surface area contributed by atoms with Crippen molar-refractivity contribution in [2.24, 2.45) is 17.1 Å². The van der Waals surface area contributed by atoms with Crippen LogP contribution in [0.4, 0.5) is 0 Å². The van der Waals surface area contributed by atoms with Crippen molar-refractivity contribution in [1.82, 2.24) is 9.80 Å². The van der Waals surface area contributed by atoms with Crippen molar-refractivity contribution < 1.29 is 0 Å². The summed E-state index contributed by atoms with van der Waals surface area (Å²) in [6, 6.07) is 1.33. The average Bonchev–Trinajstić information content (AvgIpc) is 2.36. The van der Waals surface area contributed by atoms with E-state index < -0.39 is 0 Å². The first-order chi connectivity index (χ1) is 8.96. The molecule has 2 fully saturated rings. The maximum atomic E-state index is 6.18. The van der Waals surface area contributed by atoms with Crippen LogP contribution in [0.5, 0.6) is 0 Å². The SMILES string of the molecule is CC1CCCC(CN)(CN2CC(C)N(C)C(C)C2)C1. The van der Waals surface area contributed by atoms with Gasteiger partial charge in [0.15, 0.2) is 0 Å². The van der Waals surface area contributed by atoms with Crippen LogP contribution in [-0.2, 0) is 0 Å². The maximum absolute atomic E-state index is 6.18. The predicted molar refractivity (Wildman–Crippen MR) is 82.2 cm³/mol. The van der Waals surface area contributed by atoms with Gasteiger partial charge in [-0.1, -0.05) is 19.8 Å². The summed E-state index contributed by atoms with van der Waals surface area (Å²) in [5.74, 6) is 0.861. The molecule has 19 heavy (non-hydrogen) atoms. The van der Waals surface area contributed by atoms with Gasteiger partial charge >= 0.3 is 0 Å². The zero-order valence-electron chi connectivity index (χ0n) is 13.4. The summed E-state index contributed by atoms with van der Waals surface area (Å²) in [6.07, 6.45) is 5.44. The maximum Gasteiger partial charge on any atom is 0.0195 e. The predicted octanol–water partition coefficient (Wildman–Crippen LogP) is 2.17. The summed E-state index contributed by atoms with van der Waals surface area (Å²) >= 11 is 0. The van der Waals surface area contributed by atoms with Crippen LogP contribution in [0.15, 0.2) is 0 Å². The number of rotatable bonds is 3. The number of likely N-dealkylation sites (N-methyl/N-ethyl adjacent to an activating group) is 1. The molecule has 0 bridgehead atoms. The van der Waals surface area contributed by atoms with Crippen LogP contribution in [-0.4, -0.2) is 55.1 Å². The number of nitrogens with two attached hydrogens (primary N) is 1.